The molecule has 0 amide bonds. The molecule has 0 spiro atoms. The minimum Gasteiger partial charge on any atom is -0.462 e. The van der Waals surface area contributed by atoms with Crippen molar-refractivity contribution in [3.63, 3.8) is 0 Å². The minimum atomic E-state index is -0.882. The summed E-state index contributed by atoms with van der Waals surface area (Å²) in [5, 5.41) is 0. The van der Waals surface area contributed by atoms with Crippen LogP contribution in [0.25, 0.3) is 11.1 Å². The molecule has 0 aromatic heterocycles. The van der Waals surface area contributed by atoms with Crippen molar-refractivity contribution in [2.45, 2.75) is 65.9 Å². The van der Waals surface area contributed by atoms with E-state index >= 15 is 0 Å². The van der Waals surface area contributed by atoms with Gasteiger partial charge in [0.25, 0.3) is 0 Å². The van der Waals surface area contributed by atoms with Crippen LogP contribution in [0.5, 0.6) is 11.5 Å². The van der Waals surface area contributed by atoms with E-state index in [1.54, 1.807) is 31.2 Å². The van der Waals surface area contributed by atoms with Crippen molar-refractivity contribution >= 4 is 24.1 Å². The summed E-state index contributed by atoms with van der Waals surface area (Å²) in [6.45, 7) is 12.0. The van der Waals surface area contributed by atoms with Crippen molar-refractivity contribution in [3.05, 3.63) is 96.1 Å². The first-order valence-corrected chi connectivity index (χ1v) is 16.4. The van der Waals surface area contributed by atoms with E-state index < -0.39 is 18.1 Å². The van der Waals surface area contributed by atoms with E-state index in [-0.39, 0.29) is 36.6 Å². The molecule has 1 saturated carbocycles. The van der Waals surface area contributed by atoms with Gasteiger partial charge in [-0.15, -0.1) is 0 Å². The smallest absolute Gasteiger partial charge is 0.462 e. The van der Waals surface area contributed by atoms with Gasteiger partial charge in [0.2, 0.25) is 0 Å². The number of hydrogen-bond donors (Lipinski definition) is 0. The average Bonchev–Trinajstić information content (AvgIpc) is 3.06. The molecule has 254 valence electrons. The molecule has 3 unspecified atom stereocenters. The molecule has 3 aromatic rings. The lowest BCUT2D eigenvalue weighted by atomic mass is 9.75. The van der Waals surface area contributed by atoms with Crippen LogP contribution in [0.1, 0.15) is 80.5 Å². The Labute approximate surface area is 282 Å². The number of unbranched alkanes of at least 4 members (excludes halogenated alkanes) is 1. The number of benzene rings is 3. The van der Waals surface area contributed by atoms with Gasteiger partial charge in [0.05, 0.1) is 24.3 Å². The Morgan fingerprint density at radius 2 is 1.25 bits per heavy atom. The van der Waals surface area contributed by atoms with Gasteiger partial charge in [-0.25, -0.2) is 19.2 Å². The molecule has 1 aliphatic rings. The molecule has 4 rings (SSSR count). The Balaban J connectivity index is 1.22. The number of carbonyl (C=O) groups is 4. The van der Waals surface area contributed by atoms with Crippen LogP contribution in [0.4, 0.5) is 4.79 Å². The minimum absolute atomic E-state index is 0.0545. The largest absolute Gasteiger partial charge is 0.513 e. The predicted octanol–water partition coefficient (Wildman–Crippen LogP) is 8.61. The topological polar surface area (TPSA) is 114 Å². The van der Waals surface area contributed by atoms with Crippen LogP contribution in [-0.2, 0) is 19.0 Å². The first-order valence-electron chi connectivity index (χ1n) is 16.4. The molecule has 0 aliphatic heterocycles. The van der Waals surface area contributed by atoms with E-state index in [0.717, 1.165) is 24.0 Å². The van der Waals surface area contributed by atoms with Crippen molar-refractivity contribution in [1.82, 2.24) is 0 Å². The third kappa shape index (κ3) is 10.6. The Hall–Kier alpha value is -4.92. The monoisotopic (exact) mass is 656 g/mol. The third-order valence-electron chi connectivity index (χ3n) is 8.37. The van der Waals surface area contributed by atoms with Gasteiger partial charge in [0.15, 0.2) is 0 Å². The summed E-state index contributed by atoms with van der Waals surface area (Å²) in [7, 11) is 0. The summed E-state index contributed by atoms with van der Waals surface area (Å²) < 4.78 is 26.6. The lowest BCUT2D eigenvalue weighted by Gasteiger charge is -2.36. The summed E-state index contributed by atoms with van der Waals surface area (Å²) in [5.41, 5.74) is 2.93. The van der Waals surface area contributed by atoms with Gasteiger partial charge < -0.3 is 23.7 Å². The number of rotatable bonds is 13. The first kappa shape index (κ1) is 35.9. The maximum Gasteiger partial charge on any atom is 0.513 e. The predicted molar refractivity (Wildman–Crippen MR) is 181 cm³/mol. The van der Waals surface area contributed by atoms with Crippen LogP contribution in [0.3, 0.4) is 0 Å². The quantitative estimate of drug-likeness (QED) is 0.0445. The molecule has 0 bridgehead atoms. The zero-order valence-electron chi connectivity index (χ0n) is 28.1. The number of carbonyl (C=O) groups excluding carboxylic acids is 4. The maximum atomic E-state index is 13.0. The summed E-state index contributed by atoms with van der Waals surface area (Å²) in [5.74, 6) is 0.660. The molecule has 3 atom stereocenters. The number of esters is 3. The van der Waals surface area contributed by atoms with Crippen molar-refractivity contribution in [2.75, 3.05) is 13.2 Å². The van der Waals surface area contributed by atoms with Crippen LogP contribution >= 0.6 is 0 Å². The van der Waals surface area contributed by atoms with Crippen molar-refractivity contribution in [1.29, 1.82) is 0 Å². The fourth-order valence-corrected chi connectivity index (χ4v) is 5.57. The van der Waals surface area contributed by atoms with Crippen LogP contribution in [0.15, 0.2) is 84.9 Å². The van der Waals surface area contributed by atoms with E-state index in [9.17, 15) is 19.2 Å². The molecule has 0 radical (unpaired) electrons. The molecule has 3 aromatic carbocycles. The standard InChI is InChI=1S/C39H44O9/c1-25(2)34-21-8-27(5)24-35(34)48-38(42)30-11-9-28(10-12-30)29-13-17-32(18-14-29)46-37(41)31-15-19-33(20-16-31)47-39(43)45-23-7-6-22-44-36(40)26(3)4/h9-20,25,27,34-35H,3,6-8,21-24H2,1-2,4-5H3. The highest BCUT2D eigenvalue weighted by Gasteiger charge is 2.33. The van der Waals surface area contributed by atoms with E-state index in [2.05, 4.69) is 27.4 Å². The van der Waals surface area contributed by atoms with Crippen molar-refractivity contribution in [2.24, 2.45) is 17.8 Å². The summed E-state index contributed by atoms with van der Waals surface area (Å²) >= 11 is 0. The van der Waals surface area contributed by atoms with Crippen LogP contribution < -0.4 is 9.47 Å². The van der Waals surface area contributed by atoms with Gasteiger partial charge in [-0.2, -0.15) is 0 Å². The number of ether oxygens (including phenoxy) is 5. The maximum absolute atomic E-state index is 13.0. The van der Waals surface area contributed by atoms with Gasteiger partial charge in [-0.3, -0.25) is 0 Å². The third-order valence-corrected chi connectivity index (χ3v) is 8.37. The Kier molecular flexibility index (Phi) is 12.9. The molecular weight excluding hydrogens is 612 g/mol. The SMILES string of the molecule is C=C(C)C(=O)OCCCCOC(=O)Oc1ccc(C(=O)Oc2ccc(-c3ccc(C(=O)OC4CC(C)CCC4C(C)C)cc3)cc2)cc1. The molecule has 9 heteroatoms. The molecule has 1 aliphatic carbocycles. The fourth-order valence-electron chi connectivity index (χ4n) is 5.57. The summed E-state index contributed by atoms with van der Waals surface area (Å²) in [6, 6.07) is 20.3. The Bertz CT molecular complexity index is 1560. The molecule has 1 fully saturated rings. The second kappa shape index (κ2) is 17.3. The number of hydrogen-bond acceptors (Lipinski definition) is 9. The second-order valence-corrected chi connectivity index (χ2v) is 12.6. The summed E-state index contributed by atoms with van der Waals surface area (Å²) in [4.78, 5) is 48.9. The lowest BCUT2D eigenvalue weighted by molar-refractivity contribution is -0.139. The van der Waals surface area contributed by atoms with Crippen molar-refractivity contribution < 1.29 is 42.9 Å². The lowest BCUT2D eigenvalue weighted by Crippen LogP contribution is -2.35. The molecule has 0 saturated heterocycles. The fraction of sp³-hybridized carbons (Fsp3) is 0.385. The van der Waals surface area contributed by atoms with E-state index in [1.165, 1.54) is 30.7 Å². The average molecular weight is 657 g/mol. The van der Waals surface area contributed by atoms with E-state index in [0.29, 0.717) is 47.5 Å². The molecular formula is C39H44O9. The van der Waals surface area contributed by atoms with Gasteiger partial charge in [-0.05, 0) is 110 Å². The van der Waals surface area contributed by atoms with Gasteiger partial charge in [0.1, 0.15) is 17.6 Å². The van der Waals surface area contributed by atoms with Gasteiger partial charge >= 0.3 is 24.1 Å². The molecule has 9 nitrogen and oxygen atoms in total. The van der Waals surface area contributed by atoms with Gasteiger partial charge in [-0.1, -0.05) is 58.0 Å². The molecule has 0 heterocycles. The highest BCUT2D eigenvalue weighted by Crippen LogP contribution is 2.36. The van der Waals surface area contributed by atoms with Crippen LogP contribution in [0.2, 0.25) is 0 Å². The first-order chi connectivity index (χ1) is 23.0. The second-order valence-electron chi connectivity index (χ2n) is 12.6. The molecule has 48 heavy (non-hydrogen) atoms. The van der Waals surface area contributed by atoms with Crippen LogP contribution in [-0.4, -0.2) is 43.4 Å². The van der Waals surface area contributed by atoms with Crippen molar-refractivity contribution in [3.8, 4) is 22.6 Å². The Morgan fingerprint density at radius 1 is 0.729 bits per heavy atom. The van der Waals surface area contributed by atoms with Crippen LogP contribution in [0, 0.1) is 17.8 Å². The van der Waals surface area contributed by atoms with Gasteiger partial charge in [0, 0.05) is 5.57 Å². The highest BCUT2D eigenvalue weighted by atomic mass is 16.7. The zero-order chi connectivity index (χ0) is 34.6. The Morgan fingerprint density at radius 3 is 1.85 bits per heavy atom. The normalized spacial score (nSPS) is 17.2. The highest BCUT2D eigenvalue weighted by molar-refractivity contribution is 5.91. The van der Waals surface area contributed by atoms with E-state index in [4.69, 9.17) is 23.7 Å². The zero-order valence-corrected chi connectivity index (χ0v) is 28.1. The molecule has 0 N–H and O–H groups in total. The van der Waals surface area contributed by atoms with E-state index in [1.807, 2.05) is 24.3 Å². The summed E-state index contributed by atoms with van der Waals surface area (Å²) in [6.07, 6.45) is 3.24.